The molecular formula is C42H39ClKN10O+. The van der Waals surface area contributed by atoms with Crippen molar-refractivity contribution in [1.29, 1.82) is 0 Å². The number of halogens is 1. The average Bonchev–Trinajstić information content (AvgIpc) is 3.15. The van der Waals surface area contributed by atoms with E-state index in [4.69, 9.17) is 17.3 Å². The van der Waals surface area contributed by atoms with Gasteiger partial charge in [-0.15, -0.1) is 5.60 Å². The second-order valence-electron chi connectivity index (χ2n) is 12.7. The Morgan fingerprint density at radius 2 is 1.35 bits per heavy atom. The molecule has 8 rings (SSSR count). The van der Waals surface area contributed by atoms with Crippen molar-refractivity contribution in [2.75, 3.05) is 11.1 Å². The summed E-state index contributed by atoms with van der Waals surface area (Å²) in [5.74, 6) is 0. The summed E-state index contributed by atoms with van der Waals surface area (Å²) in [6.45, 7) is 10.7. The van der Waals surface area contributed by atoms with Gasteiger partial charge in [0.15, 0.2) is 17.0 Å². The van der Waals surface area contributed by atoms with Crippen LogP contribution in [0.1, 0.15) is 32.2 Å². The van der Waals surface area contributed by atoms with Gasteiger partial charge < -0.3 is 16.2 Å². The zero-order valence-corrected chi connectivity index (χ0v) is 35.2. The summed E-state index contributed by atoms with van der Waals surface area (Å²) < 4.78 is 0. The van der Waals surface area contributed by atoms with Crippen molar-refractivity contribution in [1.82, 2.24) is 34.9 Å². The molecular weight excluding hydrogens is 735 g/mol. The van der Waals surface area contributed by atoms with E-state index in [-0.39, 0.29) is 51.4 Å². The van der Waals surface area contributed by atoms with E-state index in [9.17, 15) is 5.11 Å². The first-order valence-electron chi connectivity index (χ1n) is 16.9. The molecule has 3 N–H and O–H groups in total. The first-order chi connectivity index (χ1) is 25.9. The van der Waals surface area contributed by atoms with Gasteiger partial charge in [-0.3, -0.25) is 15.0 Å². The summed E-state index contributed by atoms with van der Waals surface area (Å²) in [4.78, 5) is 34.5. The molecule has 0 spiro atoms. The van der Waals surface area contributed by atoms with Gasteiger partial charge in [-0.1, -0.05) is 38.4 Å². The Morgan fingerprint density at radius 1 is 0.745 bits per heavy atom. The van der Waals surface area contributed by atoms with Gasteiger partial charge in [0.05, 0.1) is 40.7 Å². The van der Waals surface area contributed by atoms with Crippen LogP contribution < -0.4 is 67.5 Å². The summed E-state index contributed by atoms with van der Waals surface area (Å²) >= 11 is 6.23. The molecule has 55 heavy (non-hydrogen) atoms. The van der Waals surface area contributed by atoms with Gasteiger partial charge in [0.2, 0.25) is 0 Å². The number of anilines is 3. The fourth-order valence-corrected chi connectivity index (χ4v) is 4.95. The zero-order chi connectivity index (χ0) is 38.5. The Labute approximate surface area is 368 Å². The third kappa shape index (κ3) is 13.7. The molecule has 0 saturated carbocycles. The number of nitrogens with one attached hydrogen (secondary N) is 1. The average molecular weight is 774 g/mol. The van der Waals surface area contributed by atoms with Crippen molar-refractivity contribution < 1.29 is 56.5 Å². The van der Waals surface area contributed by atoms with Crippen LogP contribution in [0.4, 0.5) is 17.1 Å². The van der Waals surface area contributed by atoms with Crippen LogP contribution in [0.5, 0.6) is 0 Å². The van der Waals surface area contributed by atoms with E-state index >= 15 is 0 Å². The fraction of sp³-hybridized carbons (Fsp3) is 0.119. The normalized spacial score (nSPS) is 11.6. The number of hydrogen-bond acceptors (Lipinski definition) is 11. The molecule has 13 heteroatoms. The minimum absolute atomic E-state index is 0. The summed E-state index contributed by atoms with van der Waals surface area (Å²) in [5, 5.41) is 16.0. The van der Waals surface area contributed by atoms with Gasteiger partial charge in [-0.05, 0) is 79.7 Å². The number of nitrogen functional groups attached to an aromatic ring is 1. The minimum Gasteiger partial charge on any atom is -0.850 e. The predicted octanol–water partition coefficient (Wildman–Crippen LogP) is 5.31. The van der Waals surface area contributed by atoms with Crippen molar-refractivity contribution in [2.24, 2.45) is 4.99 Å². The molecule has 1 aliphatic heterocycles. The van der Waals surface area contributed by atoms with Crippen LogP contribution >= 0.6 is 11.6 Å². The van der Waals surface area contributed by atoms with Crippen LogP contribution in [0.3, 0.4) is 0 Å². The third-order valence-corrected chi connectivity index (χ3v) is 7.32. The number of fused-ring (bicyclic) bond motifs is 2. The molecule has 0 unspecified atom stereocenters. The van der Waals surface area contributed by atoms with Crippen LogP contribution in [-0.2, 0) is 0 Å². The van der Waals surface area contributed by atoms with Crippen molar-refractivity contribution in [3.63, 3.8) is 0 Å². The number of aromatic nitrogens is 7. The second-order valence-corrected chi connectivity index (χ2v) is 13.1. The second kappa shape index (κ2) is 20.7. The van der Waals surface area contributed by atoms with E-state index in [0.717, 1.165) is 50.6 Å². The number of dihydropyridines is 1. The molecule has 7 aromatic rings. The van der Waals surface area contributed by atoms with Crippen molar-refractivity contribution >= 4 is 56.4 Å². The van der Waals surface area contributed by atoms with Crippen molar-refractivity contribution in [3.8, 4) is 11.4 Å². The van der Waals surface area contributed by atoms with Gasteiger partial charge in [-0.25, -0.2) is 24.9 Å². The first-order valence-corrected chi connectivity index (χ1v) is 17.2. The fourth-order valence-electron chi connectivity index (χ4n) is 4.70. The van der Waals surface area contributed by atoms with Gasteiger partial charge in [0, 0.05) is 71.6 Å². The zero-order valence-electron chi connectivity index (χ0n) is 31.4. The Morgan fingerprint density at radius 3 is 1.95 bits per heavy atom. The number of rotatable bonds is 4. The molecule has 0 aliphatic carbocycles. The smallest absolute Gasteiger partial charge is 0.850 e. The summed E-state index contributed by atoms with van der Waals surface area (Å²) in [6.07, 6.45) is 15.9. The van der Waals surface area contributed by atoms with E-state index in [1.54, 1.807) is 76.2 Å². The molecule has 11 nitrogen and oxygen atoms in total. The van der Waals surface area contributed by atoms with E-state index in [0.29, 0.717) is 27.7 Å². The van der Waals surface area contributed by atoms with E-state index in [1.807, 2.05) is 86.2 Å². The Kier molecular flexibility index (Phi) is 16.1. The quantitative estimate of drug-likeness (QED) is 0.177. The maximum atomic E-state index is 10.1. The molecule has 0 saturated heterocycles. The maximum Gasteiger partial charge on any atom is 1.00 e. The SMILES string of the molecule is C=C1[CH+]C=CC(c2cc(Cl)c3cccnc3n2)=N1.CC(C)(C)[O-].Cc1cccc(-c2cc(Nc3ccncc3)c3cccnc3n2)n1.Nc1ccncc1.[K+]. The van der Waals surface area contributed by atoms with Crippen molar-refractivity contribution in [3.05, 3.63) is 163 Å². The van der Waals surface area contributed by atoms with E-state index < -0.39 is 5.60 Å². The Bertz CT molecular complexity index is 2400. The van der Waals surface area contributed by atoms with Crippen LogP contribution in [0.15, 0.2) is 145 Å². The molecule has 0 atom stereocenters. The van der Waals surface area contributed by atoms with Crippen LogP contribution in [0, 0.1) is 13.3 Å². The number of nitrogens with zero attached hydrogens (tertiary/aromatic N) is 8. The van der Waals surface area contributed by atoms with Gasteiger partial charge >= 0.3 is 51.4 Å². The van der Waals surface area contributed by atoms with Crippen LogP contribution in [0.2, 0.25) is 5.02 Å². The molecule has 0 amide bonds. The molecule has 270 valence electrons. The molecule has 8 heterocycles. The molecule has 0 radical (unpaired) electrons. The number of aliphatic imine (C=N–C) groups is 1. The number of allylic oxidation sites excluding steroid dienone is 2. The first kappa shape index (κ1) is 42.8. The molecule has 0 bridgehead atoms. The molecule has 1 aliphatic rings. The van der Waals surface area contributed by atoms with E-state index in [1.165, 1.54) is 0 Å². The van der Waals surface area contributed by atoms with Crippen LogP contribution in [0.25, 0.3) is 33.5 Å². The standard InChI is InChI=1S/C19H15N5.C14H9ClN3.C5H6N2.C4H9O.K/c1-13-4-2-6-16(22-13)18-12-17(23-14-7-10-20-11-8-14)15-5-3-9-21-19(15)24-18;1-9-4-2-6-12(17-9)13-8-11(15)10-5-3-7-16-14(10)18-13;6-5-1-3-7-4-2-5;1-4(2,3)5;/h2-12H,1H3,(H,20,21,23,24);2-8H,1H2;1-4H,(H2,6,7);1-3H3;/q;+1;;-1;+1. The van der Waals surface area contributed by atoms with Crippen LogP contribution in [-0.4, -0.2) is 46.2 Å². The number of pyridine rings is 7. The number of hydrogen-bond donors (Lipinski definition) is 2. The van der Waals surface area contributed by atoms with E-state index in [2.05, 4.69) is 51.8 Å². The summed E-state index contributed by atoms with van der Waals surface area (Å²) in [5.41, 5.74) is 13.3. The molecule has 0 fully saturated rings. The van der Waals surface area contributed by atoms with Gasteiger partial charge in [-0.2, -0.15) is 0 Å². The topological polar surface area (TPSA) is 164 Å². The number of aryl methyl sites for hydroxylation is 1. The molecule has 0 aromatic carbocycles. The third-order valence-electron chi connectivity index (χ3n) is 7.00. The maximum absolute atomic E-state index is 10.1. The predicted molar refractivity (Wildman–Crippen MR) is 217 cm³/mol. The number of nitrogens with two attached hydrogens (primary N) is 1. The Balaban J connectivity index is 0.000000190. The summed E-state index contributed by atoms with van der Waals surface area (Å²) in [6, 6.07) is 24.7. The van der Waals surface area contributed by atoms with Gasteiger partial charge in [0.25, 0.3) is 0 Å². The minimum atomic E-state index is -0.750. The molecule has 7 aromatic heterocycles. The van der Waals surface area contributed by atoms with Crippen molar-refractivity contribution in [2.45, 2.75) is 33.3 Å². The Hall–Kier alpha value is -4.92. The largest absolute Gasteiger partial charge is 1.00 e. The summed E-state index contributed by atoms with van der Waals surface area (Å²) in [7, 11) is 0. The van der Waals surface area contributed by atoms with Gasteiger partial charge in [0.1, 0.15) is 11.4 Å². The monoisotopic (exact) mass is 773 g/mol.